The summed E-state index contributed by atoms with van der Waals surface area (Å²) in [5.41, 5.74) is 10.2. The first-order valence-electron chi connectivity index (χ1n) is 18.4. The van der Waals surface area contributed by atoms with Crippen LogP contribution in [0.15, 0.2) is 71.8 Å². The molecule has 2 aromatic heterocycles. The molecule has 0 aliphatic carbocycles. The van der Waals surface area contributed by atoms with Gasteiger partial charge in [0.1, 0.15) is 34.2 Å². The zero-order chi connectivity index (χ0) is 36.7. The number of rotatable bonds is 7. The molecule has 2 aliphatic rings. The van der Waals surface area contributed by atoms with Crippen LogP contribution < -0.4 is 9.47 Å². The monoisotopic (exact) mass is 692 g/mol. The third kappa shape index (κ3) is 5.56. The molecule has 6 nitrogen and oxygen atoms in total. The van der Waals surface area contributed by atoms with E-state index in [9.17, 15) is 10.2 Å². The molecule has 0 saturated carbocycles. The lowest BCUT2D eigenvalue weighted by Gasteiger charge is -2.32. The molecule has 4 N–H and O–H groups in total. The zero-order valence-electron chi connectivity index (χ0n) is 31.5. The van der Waals surface area contributed by atoms with Crippen LogP contribution in [0.5, 0.6) is 23.0 Å². The minimum atomic E-state index is -0.399. The van der Waals surface area contributed by atoms with Crippen molar-refractivity contribution in [2.24, 2.45) is 0 Å². The van der Waals surface area contributed by atoms with Gasteiger partial charge in [-0.25, -0.2) is 0 Å². The average molecular weight is 693 g/mol. The Morgan fingerprint density at radius 3 is 2.00 bits per heavy atom. The fraction of sp³-hybridized carbons (Fsp3) is 0.304. The molecule has 0 amide bonds. The summed E-state index contributed by atoms with van der Waals surface area (Å²) in [7, 11) is 0. The molecule has 2 aliphatic heterocycles. The molecule has 2 atom stereocenters. The molecule has 0 saturated heterocycles. The van der Waals surface area contributed by atoms with Gasteiger partial charge < -0.3 is 29.7 Å². The van der Waals surface area contributed by atoms with E-state index in [4.69, 9.17) is 9.47 Å². The van der Waals surface area contributed by atoms with E-state index >= 15 is 0 Å². The van der Waals surface area contributed by atoms with Crippen molar-refractivity contribution < 1.29 is 19.7 Å². The highest BCUT2D eigenvalue weighted by atomic mass is 16.5. The molecule has 4 aromatic carbocycles. The van der Waals surface area contributed by atoms with Crippen molar-refractivity contribution in [2.75, 3.05) is 0 Å². The van der Waals surface area contributed by atoms with E-state index in [1.165, 1.54) is 11.1 Å². The zero-order valence-corrected chi connectivity index (χ0v) is 31.5. The Kier molecular flexibility index (Phi) is 7.87. The minimum absolute atomic E-state index is 0.0848. The van der Waals surface area contributed by atoms with Crippen molar-refractivity contribution in [2.45, 2.75) is 92.3 Å². The third-order valence-corrected chi connectivity index (χ3v) is 11.0. The summed E-state index contributed by atoms with van der Waals surface area (Å²) < 4.78 is 13.3. The molecule has 0 bridgehead atoms. The number of aromatic nitrogens is 2. The fourth-order valence-electron chi connectivity index (χ4n) is 8.10. The first-order chi connectivity index (χ1) is 24.7. The van der Waals surface area contributed by atoms with Crippen LogP contribution >= 0.6 is 0 Å². The number of hydrogen-bond acceptors (Lipinski definition) is 4. The van der Waals surface area contributed by atoms with E-state index in [2.05, 4.69) is 113 Å². The molecule has 6 heteroatoms. The predicted octanol–water partition coefficient (Wildman–Crippen LogP) is 12.5. The van der Waals surface area contributed by atoms with Gasteiger partial charge in [0, 0.05) is 44.3 Å². The minimum Gasteiger partial charge on any atom is -0.507 e. The Labute approximate surface area is 305 Å². The number of allylic oxidation sites excluding steroid dienone is 4. The molecule has 0 radical (unpaired) electrons. The lowest BCUT2D eigenvalue weighted by atomic mass is 9.92. The van der Waals surface area contributed by atoms with Gasteiger partial charge >= 0.3 is 0 Å². The van der Waals surface area contributed by atoms with Gasteiger partial charge in [0.15, 0.2) is 0 Å². The standard InChI is InChI=1S/C46H48N2O4/c1-25(2)11-9-17-45(7)19-15-30-38(51-45)14-13-29-33-21-27(5)43(50)39(42(33)48-40(29)30)35-23-32-34-22-28(6)44-31(41(34)47-36(32)24-37(35)49)16-20-46(8,52-44)18-10-12-26(3)4/h11-16,19-24,47-50H,9-10,17-18H2,1-8H3/t45-,46-/m1/s1. The van der Waals surface area contributed by atoms with Crippen LogP contribution in [-0.2, 0) is 0 Å². The van der Waals surface area contributed by atoms with Crippen LogP contribution in [0.3, 0.4) is 0 Å². The summed E-state index contributed by atoms with van der Waals surface area (Å²) in [6.07, 6.45) is 16.8. The lowest BCUT2D eigenvalue weighted by molar-refractivity contribution is 0.128. The molecule has 0 unspecified atom stereocenters. The van der Waals surface area contributed by atoms with Crippen LogP contribution in [0.25, 0.3) is 66.9 Å². The quantitative estimate of drug-likeness (QED) is 0.125. The molecule has 266 valence electrons. The second-order valence-electron chi connectivity index (χ2n) is 15.9. The first kappa shape index (κ1) is 33.8. The normalized spacial score (nSPS) is 19.2. The van der Waals surface area contributed by atoms with Gasteiger partial charge in [-0.2, -0.15) is 0 Å². The van der Waals surface area contributed by atoms with Gasteiger partial charge in [0.05, 0.1) is 27.6 Å². The second-order valence-corrected chi connectivity index (χ2v) is 15.9. The molecule has 0 spiro atoms. The summed E-state index contributed by atoms with van der Waals surface area (Å²) in [6.45, 7) is 16.8. The van der Waals surface area contributed by atoms with E-state index in [0.717, 1.165) is 103 Å². The van der Waals surface area contributed by atoms with Crippen LogP contribution in [0.1, 0.15) is 89.5 Å². The summed E-state index contributed by atoms with van der Waals surface area (Å²) >= 11 is 0. The molecule has 52 heavy (non-hydrogen) atoms. The third-order valence-electron chi connectivity index (χ3n) is 11.0. The van der Waals surface area contributed by atoms with Gasteiger partial charge in [-0.3, -0.25) is 0 Å². The van der Waals surface area contributed by atoms with E-state index in [-0.39, 0.29) is 11.5 Å². The van der Waals surface area contributed by atoms with E-state index in [0.29, 0.717) is 11.1 Å². The van der Waals surface area contributed by atoms with Crippen molar-refractivity contribution in [1.82, 2.24) is 9.97 Å². The smallest absolute Gasteiger partial charge is 0.132 e. The van der Waals surface area contributed by atoms with Crippen molar-refractivity contribution in [3.63, 3.8) is 0 Å². The number of ether oxygens (including phenoxy) is 2. The van der Waals surface area contributed by atoms with E-state index in [1.54, 1.807) is 6.07 Å². The Balaban J connectivity index is 1.25. The summed E-state index contributed by atoms with van der Waals surface area (Å²) in [4.78, 5) is 7.25. The first-order valence-corrected chi connectivity index (χ1v) is 18.4. The van der Waals surface area contributed by atoms with Crippen LogP contribution in [0.2, 0.25) is 0 Å². The number of nitrogens with one attached hydrogen (secondary N) is 2. The Morgan fingerprint density at radius 2 is 1.31 bits per heavy atom. The number of aromatic amines is 2. The number of fused-ring (bicyclic) bond motifs is 10. The lowest BCUT2D eigenvalue weighted by Crippen LogP contribution is -2.32. The average Bonchev–Trinajstić information content (AvgIpc) is 3.62. The van der Waals surface area contributed by atoms with Gasteiger partial charge in [0.25, 0.3) is 0 Å². The van der Waals surface area contributed by atoms with Crippen molar-refractivity contribution >= 4 is 55.8 Å². The Hall–Kier alpha value is -5.36. The van der Waals surface area contributed by atoms with Crippen molar-refractivity contribution in [1.29, 1.82) is 0 Å². The van der Waals surface area contributed by atoms with Gasteiger partial charge in [-0.05, 0) is 147 Å². The number of hydrogen-bond donors (Lipinski definition) is 4. The fourth-order valence-corrected chi connectivity index (χ4v) is 8.10. The molecule has 8 rings (SSSR count). The van der Waals surface area contributed by atoms with E-state index in [1.807, 2.05) is 19.1 Å². The van der Waals surface area contributed by atoms with Crippen LogP contribution in [-0.4, -0.2) is 31.4 Å². The van der Waals surface area contributed by atoms with Gasteiger partial charge in [-0.15, -0.1) is 0 Å². The summed E-state index contributed by atoms with van der Waals surface area (Å²) in [5.74, 6) is 1.94. The molecular formula is C46H48N2O4. The van der Waals surface area contributed by atoms with Crippen LogP contribution in [0, 0.1) is 13.8 Å². The Bertz CT molecular complexity index is 2580. The molecule has 0 fully saturated rings. The topological polar surface area (TPSA) is 90.5 Å². The SMILES string of the molecule is CC(C)=CCC[C@]1(C)C=Cc2c(ccc3c2[nH]c2c(-c4cc5c(cc4O)[nH]c4c6c(c(C)cc45)O[C@](C)(CCC=C(C)C)C=C6)c(O)c(C)cc23)O1. The largest absolute Gasteiger partial charge is 0.507 e. The number of benzene rings is 4. The predicted molar refractivity (Wildman–Crippen MR) is 217 cm³/mol. The van der Waals surface area contributed by atoms with Crippen molar-refractivity contribution in [3.8, 4) is 34.1 Å². The summed E-state index contributed by atoms with van der Waals surface area (Å²) in [6, 6.07) is 12.1. The van der Waals surface area contributed by atoms with E-state index < -0.39 is 11.2 Å². The highest BCUT2D eigenvalue weighted by molar-refractivity contribution is 6.18. The summed E-state index contributed by atoms with van der Waals surface area (Å²) in [5, 5.41) is 27.4. The van der Waals surface area contributed by atoms with Crippen LogP contribution in [0.4, 0.5) is 0 Å². The molecule has 6 aromatic rings. The number of aromatic hydroxyl groups is 2. The van der Waals surface area contributed by atoms with Crippen molar-refractivity contribution in [3.05, 3.63) is 94.1 Å². The maximum atomic E-state index is 11.7. The number of H-pyrrole nitrogens is 2. The number of phenols is 2. The number of aryl methyl sites for hydroxylation is 2. The van der Waals surface area contributed by atoms with Gasteiger partial charge in [-0.1, -0.05) is 23.3 Å². The maximum Gasteiger partial charge on any atom is 0.132 e. The highest BCUT2D eigenvalue weighted by Gasteiger charge is 2.31. The van der Waals surface area contributed by atoms with Gasteiger partial charge in [0.2, 0.25) is 0 Å². The highest BCUT2D eigenvalue weighted by Crippen LogP contribution is 2.49. The molecular weight excluding hydrogens is 645 g/mol. The maximum absolute atomic E-state index is 11.7. The second kappa shape index (κ2) is 12.1. The molecule has 4 heterocycles. The number of phenolic OH excluding ortho intramolecular Hbond substituents is 2. The Morgan fingerprint density at radius 1 is 0.692 bits per heavy atom.